The Balaban J connectivity index is 1.86. The van der Waals surface area contributed by atoms with Gasteiger partial charge >= 0.3 is 0 Å². The molecular weight excluding hydrogens is 389 g/mol. The maximum Gasteiger partial charge on any atom is 0.258 e. The maximum atomic E-state index is 13.5. The number of nitrogens with one attached hydrogen (secondary N) is 2. The number of anilines is 1. The normalized spacial score (nSPS) is 10.7. The molecule has 2 N–H and O–H groups in total. The predicted octanol–water partition coefficient (Wildman–Crippen LogP) is 3.28. The van der Waals surface area contributed by atoms with Crippen molar-refractivity contribution < 1.29 is 32.2 Å². The molecule has 0 unspecified atom stereocenters. The van der Waals surface area contributed by atoms with Gasteiger partial charge in [-0.25, -0.2) is 13.2 Å². The molecule has 0 aliphatic carbocycles. The van der Waals surface area contributed by atoms with Crippen LogP contribution < -0.4 is 20.1 Å². The number of allylic oxidation sites excluding steroid dienone is 1. The van der Waals surface area contributed by atoms with Gasteiger partial charge in [0.1, 0.15) is 0 Å². The Bertz CT molecular complexity index is 932. The van der Waals surface area contributed by atoms with Gasteiger partial charge < -0.3 is 20.1 Å². The maximum absolute atomic E-state index is 13.5. The molecule has 0 bridgehead atoms. The van der Waals surface area contributed by atoms with Gasteiger partial charge in [-0.1, -0.05) is 18.2 Å². The fourth-order valence-electron chi connectivity index (χ4n) is 2.29. The summed E-state index contributed by atoms with van der Waals surface area (Å²) in [5, 5.41) is 4.31. The molecule has 0 atom stereocenters. The first-order valence-corrected chi connectivity index (χ1v) is 8.49. The molecule has 0 radical (unpaired) electrons. The minimum atomic E-state index is -1.70. The van der Waals surface area contributed by atoms with E-state index in [9.17, 15) is 22.8 Å². The lowest BCUT2D eigenvalue weighted by Gasteiger charge is -2.12. The minimum absolute atomic E-state index is 0.337. The molecule has 0 fully saturated rings. The van der Waals surface area contributed by atoms with E-state index in [0.29, 0.717) is 17.6 Å². The summed E-state index contributed by atoms with van der Waals surface area (Å²) in [6, 6.07) is 6.70. The summed E-state index contributed by atoms with van der Waals surface area (Å²) in [6.07, 6.45) is 3.73. The van der Waals surface area contributed by atoms with Gasteiger partial charge in [0.25, 0.3) is 5.91 Å². The number of carbonyl (C=O) groups is 2. The van der Waals surface area contributed by atoms with E-state index in [4.69, 9.17) is 9.47 Å². The van der Waals surface area contributed by atoms with Crippen LogP contribution in [-0.4, -0.2) is 32.1 Å². The van der Waals surface area contributed by atoms with Gasteiger partial charge in [-0.15, -0.1) is 0 Å². The molecule has 29 heavy (non-hydrogen) atoms. The summed E-state index contributed by atoms with van der Waals surface area (Å²) in [5.41, 5.74) is 0.354. The highest BCUT2D eigenvalue weighted by Gasteiger charge is 2.16. The van der Waals surface area contributed by atoms with Crippen molar-refractivity contribution in [3.8, 4) is 11.5 Å². The van der Waals surface area contributed by atoms with Crippen LogP contribution in [0.1, 0.15) is 12.5 Å². The first-order chi connectivity index (χ1) is 13.8. The first kappa shape index (κ1) is 21.8. The highest BCUT2D eigenvalue weighted by atomic mass is 19.2. The largest absolute Gasteiger partial charge is 0.493 e. The SMILES string of the molecule is CC=Cc1ccc(OCC(=O)NCC(=O)Nc2ccc(F)c(F)c2F)c(OC)c1. The average Bonchev–Trinajstić information content (AvgIpc) is 2.71. The zero-order chi connectivity index (χ0) is 21.4. The molecule has 2 aromatic carbocycles. The number of halogens is 3. The van der Waals surface area contributed by atoms with Gasteiger partial charge in [-0.2, -0.15) is 0 Å². The monoisotopic (exact) mass is 408 g/mol. The Morgan fingerprint density at radius 2 is 1.79 bits per heavy atom. The average molecular weight is 408 g/mol. The standard InChI is InChI=1S/C20H19F3N2O4/c1-3-4-12-5-8-15(16(9-12)28-2)29-11-18(27)24-10-17(26)25-14-7-6-13(21)19(22)20(14)23/h3-9H,10-11H2,1-2H3,(H,24,27)(H,25,26). The number of ether oxygens (including phenoxy) is 2. The number of carbonyl (C=O) groups excluding carboxylic acids is 2. The van der Waals surface area contributed by atoms with E-state index in [1.807, 2.05) is 24.4 Å². The highest BCUT2D eigenvalue weighted by molar-refractivity contribution is 5.94. The van der Waals surface area contributed by atoms with E-state index in [2.05, 4.69) is 5.32 Å². The lowest BCUT2D eigenvalue weighted by atomic mass is 10.2. The van der Waals surface area contributed by atoms with E-state index in [1.54, 1.807) is 18.2 Å². The first-order valence-electron chi connectivity index (χ1n) is 8.49. The molecule has 2 aromatic rings. The van der Waals surface area contributed by atoms with Crippen LogP contribution >= 0.6 is 0 Å². The van der Waals surface area contributed by atoms with Crippen LogP contribution in [0, 0.1) is 17.5 Å². The fourth-order valence-corrected chi connectivity index (χ4v) is 2.29. The van der Waals surface area contributed by atoms with Gasteiger partial charge in [-0.05, 0) is 36.8 Å². The fraction of sp³-hybridized carbons (Fsp3) is 0.200. The summed E-state index contributed by atoms with van der Waals surface area (Å²) in [7, 11) is 1.46. The second kappa shape index (κ2) is 10.2. The van der Waals surface area contributed by atoms with Crippen molar-refractivity contribution in [2.24, 2.45) is 0 Å². The van der Waals surface area contributed by atoms with Gasteiger partial charge in [0.15, 0.2) is 35.6 Å². The lowest BCUT2D eigenvalue weighted by molar-refractivity contribution is -0.125. The Morgan fingerprint density at radius 3 is 2.48 bits per heavy atom. The summed E-state index contributed by atoms with van der Waals surface area (Å²) in [5.74, 6) is -5.28. The number of amides is 2. The molecular formula is C20H19F3N2O4. The van der Waals surface area contributed by atoms with Crippen molar-refractivity contribution in [2.45, 2.75) is 6.92 Å². The van der Waals surface area contributed by atoms with Crippen molar-refractivity contribution in [1.82, 2.24) is 5.32 Å². The third-order valence-electron chi connectivity index (χ3n) is 3.66. The van der Waals surface area contributed by atoms with E-state index in [-0.39, 0.29) is 0 Å². The van der Waals surface area contributed by atoms with Gasteiger partial charge in [0.05, 0.1) is 19.3 Å². The molecule has 154 valence electrons. The molecule has 0 saturated carbocycles. The van der Waals surface area contributed by atoms with Gasteiger partial charge in [0, 0.05) is 0 Å². The van der Waals surface area contributed by atoms with Crippen LogP contribution in [0.15, 0.2) is 36.4 Å². The Morgan fingerprint density at radius 1 is 1.03 bits per heavy atom. The molecule has 0 heterocycles. The Hall–Kier alpha value is -3.49. The lowest BCUT2D eigenvalue weighted by Crippen LogP contribution is -2.36. The predicted molar refractivity (Wildman–Crippen MR) is 101 cm³/mol. The number of benzene rings is 2. The zero-order valence-electron chi connectivity index (χ0n) is 15.7. The number of hydrogen-bond acceptors (Lipinski definition) is 4. The second-order valence-corrected chi connectivity index (χ2v) is 5.75. The van der Waals surface area contributed by atoms with Crippen LogP contribution in [-0.2, 0) is 9.59 Å². The van der Waals surface area contributed by atoms with E-state index >= 15 is 0 Å². The molecule has 0 saturated heterocycles. The molecule has 0 aromatic heterocycles. The van der Waals surface area contributed by atoms with Crippen LogP contribution in [0.5, 0.6) is 11.5 Å². The van der Waals surface area contributed by atoms with Gasteiger partial charge in [0.2, 0.25) is 5.91 Å². The van der Waals surface area contributed by atoms with Crippen molar-refractivity contribution >= 4 is 23.6 Å². The highest BCUT2D eigenvalue weighted by Crippen LogP contribution is 2.28. The second-order valence-electron chi connectivity index (χ2n) is 5.75. The van der Waals surface area contributed by atoms with Crippen LogP contribution in [0.2, 0.25) is 0 Å². The summed E-state index contributed by atoms with van der Waals surface area (Å²) >= 11 is 0. The number of rotatable bonds is 8. The number of hydrogen-bond donors (Lipinski definition) is 2. The van der Waals surface area contributed by atoms with Crippen molar-refractivity contribution in [2.75, 3.05) is 25.6 Å². The van der Waals surface area contributed by atoms with Crippen molar-refractivity contribution in [1.29, 1.82) is 0 Å². The third-order valence-corrected chi connectivity index (χ3v) is 3.66. The molecule has 2 rings (SSSR count). The van der Waals surface area contributed by atoms with Crippen LogP contribution in [0.3, 0.4) is 0 Å². The van der Waals surface area contributed by atoms with E-state index in [0.717, 1.165) is 11.6 Å². The van der Waals surface area contributed by atoms with Crippen molar-refractivity contribution in [3.63, 3.8) is 0 Å². The molecule has 2 amide bonds. The molecule has 6 nitrogen and oxygen atoms in total. The van der Waals surface area contributed by atoms with E-state index < -0.39 is 48.1 Å². The minimum Gasteiger partial charge on any atom is -0.493 e. The Labute approximate surface area is 165 Å². The van der Waals surface area contributed by atoms with E-state index in [1.165, 1.54) is 7.11 Å². The Kier molecular flexibility index (Phi) is 7.64. The van der Waals surface area contributed by atoms with Crippen LogP contribution in [0.25, 0.3) is 6.08 Å². The quantitative estimate of drug-likeness (QED) is 0.658. The molecule has 0 spiro atoms. The van der Waals surface area contributed by atoms with Gasteiger partial charge in [-0.3, -0.25) is 9.59 Å². The summed E-state index contributed by atoms with van der Waals surface area (Å²) < 4.78 is 50.1. The molecule has 0 aliphatic heterocycles. The summed E-state index contributed by atoms with van der Waals surface area (Å²) in [4.78, 5) is 23.6. The van der Waals surface area contributed by atoms with Crippen LogP contribution in [0.4, 0.5) is 18.9 Å². The summed E-state index contributed by atoms with van der Waals surface area (Å²) in [6.45, 7) is 0.961. The topological polar surface area (TPSA) is 76.7 Å². The smallest absolute Gasteiger partial charge is 0.258 e. The zero-order valence-corrected chi connectivity index (χ0v) is 15.7. The third kappa shape index (κ3) is 6.00. The number of methoxy groups -OCH3 is 1. The molecule has 0 aliphatic rings. The van der Waals surface area contributed by atoms with Crippen molar-refractivity contribution in [3.05, 3.63) is 59.4 Å². The molecule has 9 heteroatoms.